The average Bonchev–Trinajstić information content (AvgIpc) is 2.79. The highest BCUT2D eigenvalue weighted by Gasteiger charge is 2.03. The summed E-state index contributed by atoms with van der Waals surface area (Å²) in [7, 11) is 0. The van der Waals surface area contributed by atoms with Crippen molar-refractivity contribution < 1.29 is 4.74 Å². The number of aryl methyl sites for hydroxylation is 1. The Morgan fingerprint density at radius 1 is 1.33 bits per heavy atom. The van der Waals surface area contributed by atoms with E-state index in [1.807, 2.05) is 42.1 Å². The van der Waals surface area contributed by atoms with Gasteiger partial charge in [-0.1, -0.05) is 15.9 Å². The molecule has 0 radical (unpaired) electrons. The van der Waals surface area contributed by atoms with E-state index in [9.17, 15) is 0 Å². The quantitative estimate of drug-likeness (QED) is 0.849. The van der Waals surface area contributed by atoms with Gasteiger partial charge in [-0.05, 0) is 50.6 Å². The molecule has 0 aliphatic heterocycles. The van der Waals surface area contributed by atoms with Gasteiger partial charge in [-0.25, -0.2) is 0 Å². The number of hydrogen-bond donors (Lipinski definition) is 0. The summed E-state index contributed by atoms with van der Waals surface area (Å²) in [6.07, 6.45) is 1.98. The van der Waals surface area contributed by atoms with Gasteiger partial charge in [0, 0.05) is 16.7 Å². The lowest BCUT2D eigenvalue weighted by Crippen LogP contribution is -2.03. The van der Waals surface area contributed by atoms with Gasteiger partial charge in [-0.3, -0.25) is 4.68 Å². The van der Waals surface area contributed by atoms with Gasteiger partial charge in [-0.15, -0.1) is 0 Å². The van der Waals surface area contributed by atoms with Crippen molar-refractivity contribution in [2.24, 2.45) is 0 Å². The van der Waals surface area contributed by atoms with E-state index in [-0.39, 0.29) is 0 Å². The molecule has 0 spiro atoms. The Morgan fingerprint density at radius 3 is 2.72 bits per heavy atom. The Labute approximate surface area is 116 Å². The van der Waals surface area contributed by atoms with Crippen molar-refractivity contribution in [1.29, 1.82) is 0 Å². The summed E-state index contributed by atoms with van der Waals surface area (Å²) in [6.45, 7) is 6.76. The number of halogens is 1. The first-order valence-corrected chi connectivity index (χ1v) is 6.78. The molecule has 4 heteroatoms. The second-order valence-corrected chi connectivity index (χ2v) is 5.43. The van der Waals surface area contributed by atoms with Crippen molar-refractivity contribution >= 4 is 15.9 Å². The first kappa shape index (κ1) is 13.1. The third-order valence-electron chi connectivity index (χ3n) is 2.71. The molecular weight excluding hydrogens is 292 g/mol. The monoisotopic (exact) mass is 308 g/mol. The van der Waals surface area contributed by atoms with Crippen molar-refractivity contribution in [3.63, 3.8) is 0 Å². The molecule has 1 heterocycles. The van der Waals surface area contributed by atoms with E-state index in [2.05, 4.69) is 34.9 Å². The Hall–Kier alpha value is -1.29. The zero-order valence-corrected chi connectivity index (χ0v) is 12.4. The minimum Gasteiger partial charge on any atom is -0.487 e. The van der Waals surface area contributed by atoms with E-state index in [1.54, 1.807) is 0 Å². The van der Waals surface area contributed by atoms with Crippen LogP contribution in [0.5, 0.6) is 5.75 Å². The van der Waals surface area contributed by atoms with Crippen molar-refractivity contribution in [3.05, 3.63) is 46.2 Å². The first-order valence-electron chi connectivity index (χ1n) is 5.99. The number of ether oxygens (including phenoxy) is 1. The Kier molecular flexibility index (Phi) is 4.07. The predicted molar refractivity (Wildman–Crippen MR) is 75.8 cm³/mol. The molecule has 0 N–H and O–H groups in total. The maximum absolute atomic E-state index is 5.72. The summed E-state index contributed by atoms with van der Waals surface area (Å²) < 4.78 is 8.76. The van der Waals surface area contributed by atoms with Crippen LogP contribution in [-0.2, 0) is 6.61 Å². The molecule has 0 amide bonds. The third kappa shape index (κ3) is 3.13. The topological polar surface area (TPSA) is 27.1 Å². The zero-order chi connectivity index (χ0) is 13.1. The molecule has 1 aromatic carbocycles. The van der Waals surface area contributed by atoms with Gasteiger partial charge in [0.2, 0.25) is 0 Å². The summed E-state index contributed by atoms with van der Waals surface area (Å²) in [6, 6.07) is 8.34. The summed E-state index contributed by atoms with van der Waals surface area (Å²) >= 11 is 3.47. The molecule has 0 aliphatic rings. The van der Waals surface area contributed by atoms with E-state index in [0.29, 0.717) is 12.6 Å². The van der Waals surface area contributed by atoms with Crippen molar-refractivity contribution in [1.82, 2.24) is 9.78 Å². The molecule has 0 atom stereocenters. The van der Waals surface area contributed by atoms with E-state index < -0.39 is 0 Å². The van der Waals surface area contributed by atoms with Gasteiger partial charge in [0.05, 0.1) is 5.69 Å². The highest BCUT2D eigenvalue weighted by Crippen LogP contribution is 2.22. The maximum atomic E-state index is 5.72. The van der Waals surface area contributed by atoms with Gasteiger partial charge in [0.1, 0.15) is 12.4 Å². The van der Waals surface area contributed by atoms with E-state index in [4.69, 9.17) is 4.74 Å². The molecular formula is C14H17BrN2O. The zero-order valence-electron chi connectivity index (χ0n) is 10.9. The van der Waals surface area contributed by atoms with Crippen LogP contribution in [-0.4, -0.2) is 9.78 Å². The van der Waals surface area contributed by atoms with Crippen molar-refractivity contribution in [2.75, 3.05) is 0 Å². The van der Waals surface area contributed by atoms with Crippen molar-refractivity contribution in [3.8, 4) is 5.75 Å². The van der Waals surface area contributed by atoms with Gasteiger partial charge in [0.15, 0.2) is 0 Å². The van der Waals surface area contributed by atoms with Crippen LogP contribution < -0.4 is 4.74 Å². The fraction of sp³-hybridized carbons (Fsp3) is 0.357. The maximum Gasteiger partial charge on any atom is 0.132 e. The minimum absolute atomic E-state index is 0.383. The summed E-state index contributed by atoms with van der Waals surface area (Å²) in [5, 5.41) is 4.45. The number of benzene rings is 1. The summed E-state index contributed by atoms with van der Waals surface area (Å²) in [5.74, 6) is 0.870. The van der Waals surface area contributed by atoms with Gasteiger partial charge in [0.25, 0.3) is 0 Å². The fourth-order valence-electron chi connectivity index (χ4n) is 1.61. The summed E-state index contributed by atoms with van der Waals surface area (Å²) in [4.78, 5) is 0. The van der Waals surface area contributed by atoms with Crippen LogP contribution in [0.15, 0.2) is 34.9 Å². The Balaban J connectivity index is 2.00. The average molecular weight is 309 g/mol. The third-order valence-corrected chi connectivity index (χ3v) is 3.60. The number of rotatable bonds is 4. The van der Waals surface area contributed by atoms with Crippen LogP contribution in [0.4, 0.5) is 0 Å². The molecule has 18 heavy (non-hydrogen) atoms. The molecule has 0 unspecified atom stereocenters. The Bertz CT molecular complexity index is 534. The highest BCUT2D eigenvalue weighted by atomic mass is 79.9. The Morgan fingerprint density at radius 2 is 2.11 bits per heavy atom. The van der Waals surface area contributed by atoms with Crippen molar-refractivity contribution in [2.45, 2.75) is 33.4 Å². The lowest BCUT2D eigenvalue weighted by Gasteiger charge is -2.07. The van der Waals surface area contributed by atoms with Crippen LogP contribution >= 0.6 is 15.9 Å². The van der Waals surface area contributed by atoms with E-state index in [0.717, 1.165) is 15.9 Å². The molecule has 0 saturated heterocycles. The van der Waals surface area contributed by atoms with Gasteiger partial charge in [-0.2, -0.15) is 5.10 Å². The molecule has 0 bridgehead atoms. The smallest absolute Gasteiger partial charge is 0.132 e. The van der Waals surface area contributed by atoms with Crippen LogP contribution in [0.1, 0.15) is 31.1 Å². The van der Waals surface area contributed by atoms with Gasteiger partial charge < -0.3 is 4.74 Å². The molecule has 2 aromatic rings. The number of nitrogens with zero attached hydrogens (tertiary/aromatic N) is 2. The summed E-state index contributed by atoms with van der Waals surface area (Å²) in [5.41, 5.74) is 2.12. The molecule has 96 valence electrons. The first-order chi connectivity index (χ1) is 8.56. The van der Waals surface area contributed by atoms with Crippen LogP contribution in [0, 0.1) is 6.92 Å². The van der Waals surface area contributed by atoms with Crippen LogP contribution in [0.3, 0.4) is 0 Å². The second kappa shape index (κ2) is 5.57. The number of hydrogen-bond acceptors (Lipinski definition) is 2. The predicted octanol–water partition coefficient (Wildman–Crippen LogP) is 4.11. The SMILES string of the molecule is Cc1cc(OCc2ccn(C(C)C)n2)ccc1Br. The normalized spacial score (nSPS) is 10.9. The second-order valence-electron chi connectivity index (χ2n) is 4.58. The molecule has 2 rings (SSSR count). The molecule has 0 saturated carbocycles. The molecule has 0 aliphatic carbocycles. The fourth-order valence-corrected chi connectivity index (χ4v) is 1.85. The highest BCUT2D eigenvalue weighted by molar-refractivity contribution is 9.10. The molecule has 1 aromatic heterocycles. The van der Waals surface area contributed by atoms with E-state index in [1.165, 1.54) is 5.56 Å². The van der Waals surface area contributed by atoms with Crippen LogP contribution in [0.25, 0.3) is 0 Å². The molecule has 0 fully saturated rings. The minimum atomic E-state index is 0.383. The standard InChI is InChI=1S/C14H17BrN2O/c1-10(2)17-7-6-12(16-17)9-18-13-4-5-14(15)11(3)8-13/h4-8,10H,9H2,1-3H3. The number of aromatic nitrogens is 2. The van der Waals surface area contributed by atoms with Gasteiger partial charge >= 0.3 is 0 Å². The van der Waals surface area contributed by atoms with Crippen LogP contribution in [0.2, 0.25) is 0 Å². The lowest BCUT2D eigenvalue weighted by molar-refractivity contribution is 0.298. The largest absolute Gasteiger partial charge is 0.487 e. The lowest BCUT2D eigenvalue weighted by atomic mass is 10.2. The van der Waals surface area contributed by atoms with E-state index >= 15 is 0 Å². The molecule has 3 nitrogen and oxygen atoms in total.